The average molecular weight is 640 g/mol. The van der Waals surface area contributed by atoms with Crippen molar-refractivity contribution in [2.24, 2.45) is 30.0 Å². The minimum absolute atomic E-state index is 0.653. The van der Waals surface area contributed by atoms with Crippen LogP contribution >= 0.6 is 0 Å². The Labute approximate surface area is 284 Å². The van der Waals surface area contributed by atoms with Gasteiger partial charge in [0.25, 0.3) is 0 Å². The van der Waals surface area contributed by atoms with Crippen LogP contribution in [0, 0.1) is 0 Å². The van der Waals surface area contributed by atoms with Gasteiger partial charge in [-0.1, -0.05) is 97.1 Å². The SMILES string of the molecule is c1ccc2c(c1)C1=NC2=Nc2c3cc4ccccc4cc3c3[n]2[Al][n]2c(c4cc5ccccc5cc4c2=NC2=NC(=N3)c3ccccc32)=N1. The van der Waals surface area contributed by atoms with Crippen LogP contribution in [0.25, 0.3) is 43.1 Å². The Hall–Kier alpha value is -6.27. The topological polar surface area (TPSA) is 84.0 Å². The zero-order valence-electron chi connectivity index (χ0n) is 25.7. The first-order chi connectivity index (χ1) is 24.2. The lowest BCUT2D eigenvalue weighted by atomic mass is 10.1. The van der Waals surface area contributed by atoms with E-state index < -0.39 is 15.7 Å². The standard InChI is InChI=1S/C40H20N8.Al/c1-2-10-22-18-30-29(17-21(22)9-1)37-43-33-25-13-5-6-14-26(25)35(41-33)45-39-31-19-23-11-3-4-12-24(23)20-32(31)40(48-39)46-36-28-16-8-7-15-27(28)34(42-36)44-38(30)47-37;/h1-20H;/q-2;+2. The summed E-state index contributed by atoms with van der Waals surface area (Å²) in [7, 11) is 0. The summed E-state index contributed by atoms with van der Waals surface area (Å²) in [6.45, 7) is 0. The summed E-state index contributed by atoms with van der Waals surface area (Å²) in [6, 6.07) is 42.4. The summed E-state index contributed by atoms with van der Waals surface area (Å²) in [6.07, 6.45) is 0. The molecule has 6 aromatic carbocycles. The van der Waals surface area contributed by atoms with E-state index in [1.165, 1.54) is 0 Å². The van der Waals surface area contributed by atoms with Gasteiger partial charge in [0.1, 0.15) is 22.6 Å². The molecule has 0 aliphatic carbocycles. The Bertz CT molecular complexity index is 2930. The Morgan fingerprint density at radius 1 is 0.347 bits per heavy atom. The van der Waals surface area contributed by atoms with E-state index in [0.717, 1.165) is 88.0 Å². The first-order valence-corrected chi connectivity index (χ1v) is 17.2. The van der Waals surface area contributed by atoms with Crippen molar-refractivity contribution in [2.45, 2.75) is 0 Å². The largest absolute Gasteiger partial charge is 0.568 e. The lowest BCUT2D eigenvalue weighted by Gasteiger charge is -2.11. The number of nitrogens with zero attached hydrogens (tertiary/aromatic N) is 8. The van der Waals surface area contributed by atoms with Crippen molar-refractivity contribution in [3.8, 4) is 0 Å². The van der Waals surface area contributed by atoms with Gasteiger partial charge in [0, 0.05) is 43.8 Å². The van der Waals surface area contributed by atoms with E-state index in [2.05, 4.69) is 104 Å². The van der Waals surface area contributed by atoms with Gasteiger partial charge in [-0.15, -0.1) is 0 Å². The Morgan fingerprint density at radius 2 is 0.694 bits per heavy atom. The summed E-state index contributed by atoms with van der Waals surface area (Å²) < 4.78 is 4.56. The number of aromatic nitrogens is 2. The molecule has 0 unspecified atom stereocenters. The van der Waals surface area contributed by atoms with Crippen molar-refractivity contribution in [3.05, 3.63) is 155 Å². The third-order valence-electron chi connectivity index (χ3n) is 9.97. The van der Waals surface area contributed by atoms with Crippen molar-refractivity contribution in [3.63, 3.8) is 0 Å². The summed E-state index contributed by atoms with van der Waals surface area (Å²) in [4.78, 5) is 31.8. The minimum atomic E-state index is -0.722. The third-order valence-corrected chi connectivity index (χ3v) is 11.4. The van der Waals surface area contributed by atoms with Crippen molar-refractivity contribution in [1.82, 2.24) is 7.10 Å². The molecular formula is C40H20AlN8. The van der Waals surface area contributed by atoms with E-state index in [1.54, 1.807) is 0 Å². The highest BCUT2D eigenvalue weighted by atomic mass is 27.1. The van der Waals surface area contributed by atoms with Crippen LogP contribution in [0.3, 0.4) is 0 Å². The zero-order valence-corrected chi connectivity index (χ0v) is 26.9. The van der Waals surface area contributed by atoms with Crippen LogP contribution in [0.1, 0.15) is 22.3 Å². The van der Waals surface area contributed by atoms with Crippen LogP contribution in [0.2, 0.25) is 0 Å². The molecule has 8 nitrogen and oxygen atoms in total. The van der Waals surface area contributed by atoms with Gasteiger partial charge in [-0.3, -0.25) is 0 Å². The second-order valence-electron chi connectivity index (χ2n) is 12.7. The van der Waals surface area contributed by atoms with E-state index in [4.69, 9.17) is 30.0 Å². The minimum Gasteiger partial charge on any atom is -0.389 e. The van der Waals surface area contributed by atoms with E-state index in [-0.39, 0.29) is 0 Å². The molecule has 49 heavy (non-hydrogen) atoms. The molecule has 12 rings (SSSR count). The van der Waals surface area contributed by atoms with Crippen LogP contribution in [0.4, 0.5) is 11.6 Å². The number of benzene rings is 6. The molecule has 6 bridgehead atoms. The molecule has 0 spiro atoms. The fourth-order valence-corrected chi connectivity index (χ4v) is 9.12. The summed E-state index contributed by atoms with van der Waals surface area (Å²) in [5.41, 5.74) is 5.51. The second kappa shape index (κ2) is 9.20. The number of amidine groups is 4. The highest BCUT2D eigenvalue weighted by Gasteiger charge is 2.30. The molecule has 0 N–H and O–H groups in total. The van der Waals surface area contributed by atoms with Crippen molar-refractivity contribution < 1.29 is 0 Å². The summed E-state index contributed by atoms with van der Waals surface area (Å²) in [5.74, 6) is 4.26. The molecule has 223 valence electrons. The fourth-order valence-electron chi connectivity index (χ4n) is 7.66. The van der Waals surface area contributed by atoms with Crippen LogP contribution < -0.4 is 11.0 Å². The summed E-state index contributed by atoms with van der Waals surface area (Å²) >= 11 is -0.722. The molecule has 0 atom stereocenters. The van der Waals surface area contributed by atoms with E-state index in [9.17, 15) is 0 Å². The van der Waals surface area contributed by atoms with Crippen molar-refractivity contribution >= 4 is 93.7 Å². The normalized spacial score (nSPS) is 15.1. The molecule has 9 heteroatoms. The second-order valence-corrected chi connectivity index (χ2v) is 14.0. The van der Waals surface area contributed by atoms with Crippen LogP contribution in [0.15, 0.2) is 151 Å². The average Bonchev–Trinajstić information content (AvgIpc) is 3.83. The predicted molar refractivity (Wildman–Crippen MR) is 196 cm³/mol. The molecular weight excluding hydrogens is 619 g/mol. The molecule has 0 saturated heterocycles. The van der Waals surface area contributed by atoms with Crippen molar-refractivity contribution in [2.75, 3.05) is 0 Å². The van der Waals surface area contributed by atoms with Gasteiger partial charge in [0.2, 0.25) is 0 Å². The monoisotopic (exact) mass is 639 g/mol. The van der Waals surface area contributed by atoms with Gasteiger partial charge >= 0.3 is 15.7 Å². The maximum Gasteiger partial charge on any atom is 0.568 e. The fraction of sp³-hybridized carbons (Fsp3) is 0. The van der Waals surface area contributed by atoms with Crippen molar-refractivity contribution in [1.29, 1.82) is 0 Å². The van der Waals surface area contributed by atoms with Gasteiger partial charge in [0.05, 0.1) is 0 Å². The molecule has 1 radical (unpaired) electrons. The lowest BCUT2D eigenvalue weighted by Crippen LogP contribution is -2.36. The maximum absolute atomic E-state index is 5.39. The number of fused-ring (bicyclic) bond motifs is 16. The third kappa shape index (κ3) is 3.47. The Morgan fingerprint density at radius 3 is 1.10 bits per heavy atom. The van der Waals surface area contributed by atoms with Gasteiger partial charge in [-0.25, -0.2) is 30.0 Å². The number of hydrogen-bond donors (Lipinski definition) is 0. The molecule has 0 saturated carbocycles. The maximum atomic E-state index is 5.39. The molecule has 4 aliphatic heterocycles. The van der Waals surface area contributed by atoms with Crippen LogP contribution in [0.5, 0.6) is 0 Å². The van der Waals surface area contributed by atoms with Crippen LogP contribution in [-0.2, 0) is 0 Å². The number of aliphatic imine (C=N–C) groups is 4. The molecule has 0 amide bonds. The highest BCUT2D eigenvalue weighted by molar-refractivity contribution is 6.38. The zero-order chi connectivity index (χ0) is 31.8. The molecule has 6 heterocycles. The Balaban J connectivity index is 1.35. The lowest BCUT2D eigenvalue weighted by molar-refractivity contribution is 0.992. The van der Waals surface area contributed by atoms with Gasteiger partial charge < -0.3 is 7.10 Å². The van der Waals surface area contributed by atoms with Gasteiger partial charge in [-0.2, -0.15) is 0 Å². The van der Waals surface area contributed by atoms with E-state index in [1.807, 2.05) is 24.3 Å². The molecule has 2 aromatic heterocycles. The van der Waals surface area contributed by atoms with Crippen LogP contribution in [-0.4, -0.2) is 46.1 Å². The number of rotatable bonds is 0. The summed E-state index contributed by atoms with van der Waals surface area (Å²) in [5, 5.41) is 8.67. The first-order valence-electron chi connectivity index (χ1n) is 16.2. The molecule has 4 aliphatic rings. The van der Waals surface area contributed by atoms with Gasteiger partial charge in [0.15, 0.2) is 23.3 Å². The van der Waals surface area contributed by atoms with E-state index >= 15 is 0 Å². The Kier molecular flexibility index (Phi) is 4.84. The quantitative estimate of drug-likeness (QED) is 0.164. The highest BCUT2D eigenvalue weighted by Crippen LogP contribution is 2.42. The molecule has 8 aromatic rings. The smallest absolute Gasteiger partial charge is 0.389 e. The van der Waals surface area contributed by atoms with Gasteiger partial charge in [-0.05, 0) is 45.8 Å². The first kappa shape index (κ1) is 25.8. The molecule has 0 fully saturated rings. The van der Waals surface area contributed by atoms with E-state index in [0.29, 0.717) is 23.3 Å². The number of hydrogen-bond acceptors (Lipinski definition) is 6. The predicted octanol–water partition coefficient (Wildman–Crippen LogP) is 6.78.